The van der Waals surface area contributed by atoms with Crippen LogP contribution in [0.25, 0.3) is 0 Å². The van der Waals surface area contributed by atoms with Gasteiger partial charge in [0.05, 0.1) is 11.3 Å². The standard InChI is InChI=1S/C12H20N4O/c1-8-6-16(9(2)5-13-8)12(17)11-7-15(4)14-10(11)3/h7-9,13H,5-6H2,1-4H3. The maximum Gasteiger partial charge on any atom is 0.257 e. The molecule has 5 heteroatoms. The molecule has 2 rings (SSSR count). The summed E-state index contributed by atoms with van der Waals surface area (Å²) in [4.78, 5) is 14.4. The average Bonchev–Trinajstić information content (AvgIpc) is 2.60. The van der Waals surface area contributed by atoms with Gasteiger partial charge in [0.25, 0.3) is 5.91 Å². The lowest BCUT2D eigenvalue weighted by atomic mass is 10.1. The van der Waals surface area contributed by atoms with Gasteiger partial charge in [-0.1, -0.05) is 0 Å². The maximum atomic E-state index is 12.4. The minimum Gasteiger partial charge on any atom is -0.333 e. The molecule has 2 unspecified atom stereocenters. The van der Waals surface area contributed by atoms with Crippen LogP contribution in [0, 0.1) is 6.92 Å². The van der Waals surface area contributed by atoms with Crippen molar-refractivity contribution in [3.05, 3.63) is 17.5 Å². The first-order valence-electron chi connectivity index (χ1n) is 6.03. The number of nitrogens with one attached hydrogen (secondary N) is 1. The number of hydrogen-bond donors (Lipinski definition) is 1. The van der Waals surface area contributed by atoms with Crippen LogP contribution in [-0.4, -0.2) is 45.8 Å². The van der Waals surface area contributed by atoms with Gasteiger partial charge >= 0.3 is 0 Å². The molecule has 1 aromatic heterocycles. The van der Waals surface area contributed by atoms with Crippen molar-refractivity contribution < 1.29 is 4.79 Å². The molecule has 94 valence electrons. The van der Waals surface area contributed by atoms with E-state index in [1.165, 1.54) is 0 Å². The Morgan fingerprint density at radius 1 is 1.53 bits per heavy atom. The summed E-state index contributed by atoms with van der Waals surface area (Å²) in [5.41, 5.74) is 1.52. The molecule has 17 heavy (non-hydrogen) atoms. The zero-order valence-corrected chi connectivity index (χ0v) is 10.9. The van der Waals surface area contributed by atoms with E-state index in [4.69, 9.17) is 0 Å². The number of carbonyl (C=O) groups excluding carboxylic acids is 1. The minimum absolute atomic E-state index is 0.0939. The van der Waals surface area contributed by atoms with Crippen molar-refractivity contribution in [1.29, 1.82) is 0 Å². The summed E-state index contributed by atoms with van der Waals surface area (Å²) < 4.78 is 1.69. The number of aromatic nitrogens is 2. The lowest BCUT2D eigenvalue weighted by Crippen LogP contribution is -2.56. The Labute approximate surface area is 102 Å². The molecule has 0 radical (unpaired) electrons. The third kappa shape index (κ3) is 2.34. The van der Waals surface area contributed by atoms with Gasteiger partial charge < -0.3 is 10.2 Å². The molecule has 1 saturated heterocycles. The summed E-state index contributed by atoms with van der Waals surface area (Å²) in [6.07, 6.45) is 1.80. The highest BCUT2D eigenvalue weighted by atomic mass is 16.2. The van der Waals surface area contributed by atoms with Crippen LogP contribution in [0.2, 0.25) is 0 Å². The highest BCUT2D eigenvalue weighted by molar-refractivity contribution is 5.95. The number of aryl methyl sites for hydroxylation is 2. The van der Waals surface area contributed by atoms with E-state index >= 15 is 0 Å². The van der Waals surface area contributed by atoms with Gasteiger partial charge in [0, 0.05) is 38.4 Å². The first kappa shape index (κ1) is 12.1. The summed E-state index contributed by atoms with van der Waals surface area (Å²) in [5, 5.41) is 7.60. The third-order valence-corrected chi connectivity index (χ3v) is 3.27. The van der Waals surface area contributed by atoms with Crippen molar-refractivity contribution in [3.8, 4) is 0 Å². The molecule has 2 heterocycles. The summed E-state index contributed by atoms with van der Waals surface area (Å²) in [6.45, 7) is 7.66. The van der Waals surface area contributed by atoms with Crippen molar-refractivity contribution in [2.24, 2.45) is 7.05 Å². The summed E-state index contributed by atoms with van der Waals surface area (Å²) in [6, 6.07) is 0.588. The molecule has 0 aromatic carbocycles. The molecule has 1 fully saturated rings. The summed E-state index contributed by atoms with van der Waals surface area (Å²) in [5.74, 6) is 0.0939. The van der Waals surface area contributed by atoms with Crippen LogP contribution in [0.1, 0.15) is 29.9 Å². The zero-order valence-electron chi connectivity index (χ0n) is 10.9. The summed E-state index contributed by atoms with van der Waals surface area (Å²) >= 11 is 0. The Bertz CT molecular complexity index is 426. The second-order valence-corrected chi connectivity index (χ2v) is 4.92. The van der Waals surface area contributed by atoms with Crippen molar-refractivity contribution >= 4 is 5.91 Å². The molecule has 5 nitrogen and oxygen atoms in total. The van der Waals surface area contributed by atoms with Crippen LogP contribution in [-0.2, 0) is 7.05 Å². The molecule has 0 spiro atoms. The highest BCUT2D eigenvalue weighted by Crippen LogP contribution is 2.14. The Morgan fingerprint density at radius 3 is 2.82 bits per heavy atom. The van der Waals surface area contributed by atoms with Crippen molar-refractivity contribution in [3.63, 3.8) is 0 Å². The van der Waals surface area contributed by atoms with Gasteiger partial charge in [-0.3, -0.25) is 9.48 Å². The van der Waals surface area contributed by atoms with E-state index in [9.17, 15) is 4.79 Å². The molecule has 2 atom stereocenters. The Morgan fingerprint density at radius 2 is 2.24 bits per heavy atom. The summed E-state index contributed by atoms with van der Waals surface area (Å²) in [7, 11) is 1.84. The third-order valence-electron chi connectivity index (χ3n) is 3.27. The highest BCUT2D eigenvalue weighted by Gasteiger charge is 2.28. The quantitative estimate of drug-likeness (QED) is 0.774. The first-order chi connectivity index (χ1) is 7.99. The molecule has 0 bridgehead atoms. The lowest BCUT2D eigenvalue weighted by Gasteiger charge is -2.37. The van der Waals surface area contributed by atoms with Crippen LogP contribution >= 0.6 is 0 Å². The van der Waals surface area contributed by atoms with Crippen molar-refractivity contribution in [2.45, 2.75) is 32.9 Å². The molecular weight excluding hydrogens is 216 g/mol. The molecule has 0 aliphatic carbocycles. The topological polar surface area (TPSA) is 50.2 Å². The van der Waals surface area contributed by atoms with Crippen LogP contribution in [0.3, 0.4) is 0 Å². The molecule has 1 aliphatic heterocycles. The van der Waals surface area contributed by atoms with Crippen LogP contribution in [0.15, 0.2) is 6.20 Å². The second-order valence-electron chi connectivity index (χ2n) is 4.92. The number of carbonyl (C=O) groups is 1. The van der Waals surface area contributed by atoms with Crippen molar-refractivity contribution in [2.75, 3.05) is 13.1 Å². The van der Waals surface area contributed by atoms with Crippen molar-refractivity contribution in [1.82, 2.24) is 20.0 Å². The van der Waals surface area contributed by atoms with Gasteiger partial charge in [-0.25, -0.2) is 0 Å². The van der Waals surface area contributed by atoms with E-state index < -0.39 is 0 Å². The Hall–Kier alpha value is -1.36. The minimum atomic E-state index is 0.0939. The second kappa shape index (κ2) is 4.49. The number of amides is 1. The Kier molecular flexibility index (Phi) is 3.19. The molecule has 0 saturated carbocycles. The molecule has 1 N–H and O–H groups in total. The normalized spacial score (nSPS) is 25.1. The fourth-order valence-electron chi connectivity index (χ4n) is 2.27. The van der Waals surface area contributed by atoms with Gasteiger partial charge in [-0.2, -0.15) is 5.10 Å². The number of hydrogen-bond acceptors (Lipinski definition) is 3. The van der Waals surface area contributed by atoms with Gasteiger partial charge in [0.2, 0.25) is 0 Å². The van der Waals surface area contributed by atoms with Crippen LogP contribution in [0.4, 0.5) is 0 Å². The predicted molar refractivity (Wildman–Crippen MR) is 65.9 cm³/mol. The average molecular weight is 236 g/mol. The fourth-order valence-corrected chi connectivity index (χ4v) is 2.27. The zero-order chi connectivity index (χ0) is 12.6. The number of rotatable bonds is 1. The SMILES string of the molecule is Cc1nn(C)cc1C(=O)N1CC(C)NCC1C. The van der Waals surface area contributed by atoms with E-state index in [0.717, 1.165) is 18.8 Å². The van der Waals surface area contributed by atoms with Gasteiger partial charge in [-0.05, 0) is 20.8 Å². The molecule has 1 amide bonds. The van der Waals surface area contributed by atoms with Gasteiger partial charge in [-0.15, -0.1) is 0 Å². The first-order valence-corrected chi connectivity index (χ1v) is 6.03. The monoisotopic (exact) mass is 236 g/mol. The predicted octanol–water partition coefficient (Wildman–Crippen LogP) is 0.551. The fraction of sp³-hybridized carbons (Fsp3) is 0.667. The van der Waals surface area contributed by atoms with E-state index in [1.54, 1.807) is 10.9 Å². The molecular formula is C12H20N4O. The van der Waals surface area contributed by atoms with E-state index in [0.29, 0.717) is 11.6 Å². The van der Waals surface area contributed by atoms with E-state index in [-0.39, 0.29) is 11.9 Å². The van der Waals surface area contributed by atoms with E-state index in [1.807, 2.05) is 18.9 Å². The molecule has 1 aliphatic rings. The van der Waals surface area contributed by atoms with Crippen LogP contribution < -0.4 is 5.32 Å². The Balaban J connectivity index is 2.21. The van der Waals surface area contributed by atoms with Crippen LogP contribution in [0.5, 0.6) is 0 Å². The van der Waals surface area contributed by atoms with Gasteiger partial charge in [0.15, 0.2) is 0 Å². The number of nitrogens with zero attached hydrogens (tertiary/aromatic N) is 3. The largest absolute Gasteiger partial charge is 0.333 e. The lowest BCUT2D eigenvalue weighted by molar-refractivity contribution is 0.0615. The van der Waals surface area contributed by atoms with E-state index in [2.05, 4.69) is 24.3 Å². The maximum absolute atomic E-state index is 12.4. The van der Waals surface area contributed by atoms with Gasteiger partial charge in [0.1, 0.15) is 0 Å². The molecule has 1 aromatic rings. The number of piperazine rings is 1. The smallest absolute Gasteiger partial charge is 0.257 e.